The first-order chi connectivity index (χ1) is 9.17. The molecule has 1 fully saturated rings. The average molecular weight is 318 g/mol. The van der Waals surface area contributed by atoms with Crippen molar-refractivity contribution in [2.75, 3.05) is 11.5 Å². The summed E-state index contributed by atoms with van der Waals surface area (Å²) in [6, 6.07) is 6.12. The Morgan fingerprint density at radius 2 is 2.10 bits per heavy atom. The van der Waals surface area contributed by atoms with Crippen molar-refractivity contribution < 1.29 is 16.8 Å². The van der Waals surface area contributed by atoms with E-state index in [1.165, 1.54) is 12.1 Å². The van der Waals surface area contributed by atoms with Gasteiger partial charge in [-0.1, -0.05) is 12.1 Å². The lowest BCUT2D eigenvalue weighted by atomic mass is 10.1. The molecule has 0 aliphatic carbocycles. The molecule has 8 heteroatoms. The molecule has 2 unspecified atom stereocenters. The summed E-state index contributed by atoms with van der Waals surface area (Å²) in [6.07, 6.45) is 0.585. The zero-order valence-electron chi connectivity index (χ0n) is 11.1. The Morgan fingerprint density at radius 3 is 2.65 bits per heavy atom. The van der Waals surface area contributed by atoms with E-state index in [9.17, 15) is 16.8 Å². The largest absolute Gasteiger partial charge is 0.306 e. The van der Waals surface area contributed by atoms with Gasteiger partial charge >= 0.3 is 0 Å². The second kappa shape index (κ2) is 5.44. The van der Waals surface area contributed by atoms with Crippen LogP contribution in [0.1, 0.15) is 24.9 Å². The van der Waals surface area contributed by atoms with Gasteiger partial charge in [-0.15, -0.1) is 0 Å². The van der Waals surface area contributed by atoms with E-state index in [0.717, 1.165) is 5.56 Å². The van der Waals surface area contributed by atoms with E-state index < -0.39 is 19.9 Å². The van der Waals surface area contributed by atoms with Crippen molar-refractivity contribution in [1.82, 2.24) is 5.32 Å². The molecule has 1 aromatic carbocycles. The molecule has 6 nitrogen and oxygen atoms in total. The molecule has 2 atom stereocenters. The molecule has 1 aliphatic rings. The molecule has 0 radical (unpaired) electrons. The van der Waals surface area contributed by atoms with Crippen LogP contribution in [0, 0.1) is 0 Å². The number of sulfonamides is 1. The smallest absolute Gasteiger partial charge is 0.238 e. The molecule has 20 heavy (non-hydrogen) atoms. The molecule has 0 aromatic heterocycles. The van der Waals surface area contributed by atoms with E-state index in [1.807, 2.05) is 6.92 Å². The van der Waals surface area contributed by atoms with Crippen LogP contribution >= 0.6 is 0 Å². The van der Waals surface area contributed by atoms with Crippen LogP contribution in [0.5, 0.6) is 0 Å². The quantitative estimate of drug-likeness (QED) is 0.823. The molecule has 1 aromatic rings. The topological polar surface area (TPSA) is 106 Å². The van der Waals surface area contributed by atoms with Gasteiger partial charge in [-0.05, 0) is 31.0 Å². The highest BCUT2D eigenvalue weighted by molar-refractivity contribution is 7.91. The molecule has 1 saturated heterocycles. The summed E-state index contributed by atoms with van der Waals surface area (Å²) in [7, 11) is -6.66. The van der Waals surface area contributed by atoms with Crippen LogP contribution < -0.4 is 10.5 Å². The standard InChI is InChI=1S/C12H18N2O4S2/c1-9(14-11-5-6-19(15,16)8-11)10-3-2-4-12(7-10)20(13,17)18/h2-4,7,9,11,14H,5-6,8H2,1H3,(H2,13,17,18). The molecular formula is C12H18N2O4S2. The van der Waals surface area contributed by atoms with Gasteiger partial charge < -0.3 is 5.32 Å². The molecule has 0 saturated carbocycles. The third kappa shape index (κ3) is 3.78. The van der Waals surface area contributed by atoms with Gasteiger partial charge in [-0.3, -0.25) is 0 Å². The van der Waals surface area contributed by atoms with E-state index >= 15 is 0 Å². The summed E-state index contributed by atoms with van der Waals surface area (Å²) in [5.74, 6) is 0.334. The fourth-order valence-electron chi connectivity index (χ4n) is 2.34. The van der Waals surface area contributed by atoms with Crippen molar-refractivity contribution in [2.24, 2.45) is 5.14 Å². The predicted octanol–water partition coefficient (Wildman–Crippen LogP) is 0.172. The Labute approximate surface area is 119 Å². The van der Waals surface area contributed by atoms with E-state index in [-0.39, 0.29) is 28.5 Å². The molecule has 3 N–H and O–H groups in total. The number of nitrogens with one attached hydrogen (secondary N) is 1. The zero-order valence-corrected chi connectivity index (χ0v) is 12.7. The van der Waals surface area contributed by atoms with Crippen molar-refractivity contribution in [3.63, 3.8) is 0 Å². The summed E-state index contributed by atoms with van der Waals surface area (Å²) in [6.45, 7) is 1.87. The Kier molecular flexibility index (Phi) is 4.19. The molecule has 2 rings (SSSR count). The summed E-state index contributed by atoms with van der Waals surface area (Å²) in [5, 5.41) is 8.31. The van der Waals surface area contributed by atoms with Crippen LogP contribution in [0.4, 0.5) is 0 Å². The Balaban J connectivity index is 2.12. The highest BCUT2D eigenvalue weighted by Crippen LogP contribution is 2.20. The lowest BCUT2D eigenvalue weighted by molar-refractivity contribution is 0.484. The first-order valence-electron chi connectivity index (χ1n) is 6.27. The molecule has 0 spiro atoms. The average Bonchev–Trinajstić information content (AvgIpc) is 2.68. The SMILES string of the molecule is CC(NC1CCS(=O)(=O)C1)c1cccc(S(N)(=O)=O)c1. The summed E-state index contributed by atoms with van der Waals surface area (Å²) in [4.78, 5) is 0.0580. The Bertz CT molecular complexity index is 698. The maximum Gasteiger partial charge on any atom is 0.238 e. The lowest BCUT2D eigenvalue weighted by Crippen LogP contribution is -2.32. The van der Waals surface area contributed by atoms with Gasteiger partial charge in [0.25, 0.3) is 0 Å². The van der Waals surface area contributed by atoms with Gasteiger partial charge in [0.2, 0.25) is 10.0 Å². The van der Waals surface area contributed by atoms with Gasteiger partial charge in [0.1, 0.15) is 0 Å². The van der Waals surface area contributed by atoms with Crippen molar-refractivity contribution in [1.29, 1.82) is 0 Å². The second-order valence-electron chi connectivity index (χ2n) is 5.11. The minimum Gasteiger partial charge on any atom is -0.306 e. The Hall–Kier alpha value is -0.960. The number of rotatable bonds is 4. The van der Waals surface area contributed by atoms with Crippen molar-refractivity contribution in [3.8, 4) is 0 Å². The van der Waals surface area contributed by atoms with Crippen molar-refractivity contribution in [2.45, 2.75) is 30.3 Å². The molecular weight excluding hydrogens is 300 g/mol. The van der Waals surface area contributed by atoms with E-state index in [0.29, 0.717) is 6.42 Å². The van der Waals surface area contributed by atoms with Gasteiger partial charge in [-0.25, -0.2) is 22.0 Å². The van der Waals surface area contributed by atoms with Crippen LogP contribution in [0.2, 0.25) is 0 Å². The van der Waals surface area contributed by atoms with Gasteiger partial charge in [0.05, 0.1) is 16.4 Å². The summed E-state index contributed by atoms with van der Waals surface area (Å²) >= 11 is 0. The third-order valence-electron chi connectivity index (χ3n) is 3.40. The predicted molar refractivity (Wildman–Crippen MR) is 76.4 cm³/mol. The van der Waals surface area contributed by atoms with Gasteiger partial charge in [0.15, 0.2) is 9.84 Å². The lowest BCUT2D eigenvalue weighted by Gasteiger charge is -2.19. The minimum atomic E-state index is -3.73. The highest BCUT2D eigenvalue weighted by atomic mass is 32.2. The van der Waals surface area contributed by atoms with Crippen LogP contribution in [0.3, 0.4) is 0 Å². The summed E-state index contributed by atoms with van der Waals surface area (Å²) < 4.78 is 45.4. The molecule has 1 heterocycles. The molecule has 112 valence electrons. The fourth-order valence-corrected chi connectivity index (χ4v) is 4.59. The molecule has 0 bridgehead atoms. The van der Waals surface area contributed by atoms with Crippen LogP contribution in [-0.4, -0.2) is 34.4 Å². The number of hydrogen-bond donors (Lipinski definition) is 2. The van der Waals surface area contributed by atoms with E-state index in [1.54, 1.807) is 12.1 Å². The number of primary sulfonamides is 1. The van der Waals surface area contributed by atoms with E-state index in [2.05, 4.69) is 5.32 Å². The number of sulfone groups is 1. The van der Waals surface area contributed by atoms with Crippen LogP contribution in [-0.2, 0) is 19.9 Å². The Morgan fingerprint density at radius 1 is 1.40 bits per heavy atom. The maximum absolute atomic E-state index is 11.4. The maximum atomic E-state index is 11.4. The summed E-state index contributed by atoms with van der Waals surface area (Å²) in [5.41, 5.74) is 0.765. The number of benzene rings is 1. The monoisotopic (exact) mass is 318 g/mol. The second-order valence-corrected chi connectivity index (χ2v) is 8.90. The first kappa shape index (κ1) is 15.4. The van der Waals surface area contributed by atoms with E-state index in [4.69, 9.17) is 5.14 Å². The van der Waals surface area contributed by atoms with Crippen molar-refractivity contribution >= 4 is 19.9 Å². The fraction of sp³-hybridized carbons (Fsp3) is 0.500. The first-order valence-corrected chi connectivity index (χ1v) is 9.63. The van der Waals surface area contributed by atoms with Gasteiger partial charge in [0, 0.05) is 12.1 Å². The molecule has 1 aliphatic heterocycles. The number of hydrogen-bond acceptors (Lipinski definition) is 5. The number of nitrogens with two attached hydrogens (primary N) is 1. The van der Waals surface area contributed by atoms with Gasteiger partial charge in [-0.2, -0.15) is 0 Å². The highest BCUT2D eigenvalue weighted by Gasteiger charge is 2.28. The third-order valence-corrected chi connectivity index (χ3v) is 6.08. The van der Waals surface area contributed by atoms with Crippen LogP contribution in [0.25, 0.3) is 0 Å². The van der Waals surface area contributed by atoms with Crippen molar-refractivity contribution in [3.05, 3.63) is 29.8 Å². The zero-order chi connectivity index (χ0) is 15.0. The minimum absolute atomic E-state index is 0.0580. The molecule has 0 amide bonds. The normalized spacial score (nSPS) is 23.6. The van der Waals surface area contributed by atoms with Crippen LogP contribution in [0.15, 0.2) is 29.2 Å².